The third kappa shape index (κ3) is 5.45. The van der Waals surface area contributed by atoms with Gasteiger partial charge in [0, 0.05) is 6.42 Å². The Morgan fingerprint density at radius 2 is 2.00 bits per heavy atom. The lowest BCUT2D eigenvalue weighted by Crippen LogP contribution is -2.55. The standard InChI is InChI=1S/C22H27N3O4S2/c1-5-9-28-17-8-7-15(11-18(17)29-10-6-2)19-16(13-23)12-22(31,25(19)4)20(27)24-21(3,30)14-26/h5-8,11,14,16,19,30-31H,1-2,9-10,12H2,3-4H3,(H,24,27). The van der Waals surface area contributed by atoms with E-state index in [1.165, 1.54) is 6.92 Å². The second kappa shape index (κ2) is 10.3. The predicted molar refractivity (Wildman–Crippen MR) is 125 cm³/mol. The van der Waals surface area contributed by atoms with Crippen LogP contribution < -0.4 is 14.8 Å². The van der Waals surface area contributed by atoms with Crippen LogP contribution in [0.1, 0.15) is 24.9 Å². The Hall–Kier alpha value is -2.41. The third-order valence-corrected chi connectivity index (χ3v) is 5.95. The molecule has 1 heterocycles. The number of ether oxygens (including phenoxy) is 2. The molecule has 1 aliphatic rings. The summed E-state index contributed by atoms with van der Waals surface area (Å²) in [6, 6.07) is 7.23. The average molecular weight is 462 g/mol. The van der Waals surface area contributed by atoms with E-state index >= 15 is 0 Å². The van der Waals surface area contributed by atoms with Gasteiger partial charge in [-0.15, -0.1) is 25.3 Å². The number of benzene rings is 1. The molecule has 1 saturated heterocycles. The van der Waals surface area contributed by atoms with Crippen molar-refractivity contribution in [3.63, 3.8) is 0 Å². The van der Waals surface area contributed by atoms with Gasteiger partial charge in [0.05, 0.1) is 18.0 Å². The van der Waals surface area contributed by atoms with Gasteiger partial charge >= 0.3 is 0 Å². The number of nitrogens with zero attached hydrogens (tertiary/aromatic N) is 2. The van der Waals surface area contributed by atoms with E-state index in [1.807, 2.05) is 6.07 Å². The second-order valence-electron chi connectivity index (χ2n) is 7.44. The number of carbonyl (C=O) groups is 2. The number of amides is 1. The number of aldehydes is 1. The number of likely N-dealkylation sites (tertiary alicyclic amines) is 1. The van der Waals surface area contributed by atoms with E-state index in [2.05, 4.69) is 49.8 Å². The summed E-state index contributed by atoms with van der Waals surface area (Å²) in [5.74, 6) is 0.00306. The minimum absolute atomic E-state index is 0.167. The molecule has 0 saturated carbocycles. The molecule has 166 valence electrons. The fraction of sp³-hybridized carbons (Fsp3) is 0.409. The molecule has 4 atom stereocenters. The van der Waals surface area contributed by atoms with Gasteiger partial charge in [-0.05, 0) is 31.7 Å². The maximum Gasteiger partial charge on any atom is 0.252 e. The van der Waals surface area contributed by atoms with Gasteiger partial charge in [0.15, 0.2) is 17.8 Å². The van der Waals surface area contributed by atoms with Gasteiger partial charge in [0.1, 0.15) is 23.0 Å². The van der Waals surface area contributed by atoms with Gasteiger partial charge in [-0.25, -0.2) is 0 Å². The summed E-state index contributed by atoms with van der Waals surface area (Å²) in [5.41, 5.74) is 0.770. The third-order valence-electron chi connectivity index (χ3n) is 5.03. The Labute approximate surface area is 193 Å². The fourth-order valence-electron chi connectivity index (χ4n) is 3.48. The lowest BCUT2D eigenvalue weighted by molar-refractivity contribution is -0.129. The summed E-state index contributed by atoms with van der Waals surface area (Å²) in [5, 5.41) is 12.4. The lowest BCUT2D eigenvalue weighted by atomic mass is 9.94. The first-order valence-electron chi connectivity index (χ1n) is 9.61. The highest BCUT2D eigenvalue weighted by atomic mass is 32.1. The predicted octanol–water partition coefficient (Wildman–Crippen LogP) is 2.92. The molecular weight excluding hydrogens is 434 g/mol. The van der Waals surface area contributed by atoms with E-state index in [1.54, 1.807) is 36.2 Å². The van der Waals surface area contributed by atoms with Crippen molar-refractivity contribution < 1.29 is 19.1 Å². The molecule has 0 spiro atoms. The summed E-state index contributed by atoms with van der Waals surface area (Å²) in [7, 11) is 1.72. The van der Waals surface area contributed by atoms with E-state index in [9.17, 15) is 14.9 Å². The van der Waals surface area contributed by atoms with E-state index in [-0.39, 0.29) is 13.0 Å². The van der Waals surface area contributed by atoms with Crippen LogP contribution in [0.3, 0.4) is 0 Å². The van der Waals surface area contributed by atoms with Crippen LogP contribution in [0.4, 0.5) is 0 Å². The van der Waals surface area contributed by atoms with Gasteiger partial charge in [0.2, 0.25) is 0 Å². The molecule has 4 unspecified atom stereocenters. The molecule has 31 heavy (non-hydrogen) atoms. The summed E-state index contributed by atoms with van der Waals surface area (Å²) < 4.78 is 11.4. The van der Waals surface area contributed by atoms with Gasteiger partial charge in [-0.1, -0.05) is 31.4 Å². The van der Waals surface area contributed by atoms with Gasteiger partial charge in [-0.3, -0.25) is 14.5 Å². The molecular formula is C22H27N3O4S2. The molecule has 0 bridgehead atoms. The smallest absolute Gasteiger partial charge is 0.252 e. The van der Waals surface area contributed by atoms with Crippen LogP contribution in [0, 0.1) is 17.2 Å². The van der Waals surface area contributed by atoms with Crippen LogP contribution in [-0.2, 0) is 9.59 Å². The van der Waals surface area contributed by atoms with Crippen molar-refractivity contribution in [1.82, 2.24) is 10.2 Å². The summed E-state index contributed by atoms with van der Waals surface area (Å²) in [6.45, 7) is 9.37. The molecule has 1 N–H and O–H groups in total. The van der Waals surface area contributed by atoms with Crippen molar-refractivity contribution in [2.24, 2.45) is 5.92 Å². The highest BCUT2D eigenvalue weighted by Crippen LogP contribution is 2.48. The number of nitrogens with one attached hydrogen (secondary N) is 1. The number of nitriles is 1. The number of rotatable bonds is 10. The van der Waals surface area contributed by atoms with Gasteiger partial charge < -0.3 is 14.8 Å². The summed E-state index contributed by atoms with van der Waals surface area (Å²) in [4.78, 5) is 23.2. The summed E-state index contributed by atoms with van der Waals surface area (Å²) in [6.07, 6.45) is 3.95. The quantitative estimate of drug-likeness (QED) is 0.215. The van der Waals surface area contributed by atoms with Gasteiger partial charge in [0.25, 0.3) is 5.91 Å². The highest BCUT2D eigenvalue weighted by molar-refractivity contribution is 7.83. The molecule has 1 aliphatic heterocycles. The monoisotopic (exact) mass is 461 g/mol. The molecule has 7 nitrogen and oxygen atoms in total. The Morgan fingerprint density at radius 1 is 1.39 bits per heavy atom. The Balaban J connectivity index is 2.41. The van der Waals surface area contributed by atoms with Crippen molar-refractivity contribution in [2.75, 3.05) is 20.3 Å². The first-order valence-corrected chi connectivity index (χ1v) is 10.5. The summed E-state index contributed by atoms with van der Waals surface area (Å²) >= 11 is 8.77. The zero-order chi connectivity index (χ0) is 23.2. The number of hydrogen-bond acceptors (Lipinski definition) is 8. The second-order valence-corrected chi connectivity index (χ2v) is 9.11. The van der Waals surface area contributed by atoms with Crippen molar-refractivity contribution in [3.05, 3.63) is 49.1 Å². The maximum atomic E-state index is 13.0. The van der Waals surface area contributed by atoms with Crippen LogP contribution in [-0.4, -0.2) is 47.1 Å². The first-order chi connectivity index (χ1) is 14.6. The van der Waals surface area contributed by atoms with Crippen LogP contribution >= 0.6 is 25.3 Å². The molecule has 0 aromatic heterocycles. The number of carbonyl (C=O) groups excluding carboxylic acids is 2. The zero-order valence-electron chi connectivity index (χ0n) is 17.6. The lowest BCUT2D eigenvalue weighted by Gasteiger charge is -2.35. The molecule has 9 heteroatoms. The molecule has 0 radical (unpaired) electrons. The van der Waals surface area contributed by atoms with Gasteiger partial charge in [-0.2, -0.15) is 5.26 Å². The molecule has 1 aromatic carbocycles. The minimum Gasteiger partial charge on any atom is -0.486 e. The maximum absolute atomic E-state index is 13.0. The largest absolute Gasteiger partial charge is 0.486 e. The van der Waals surface area contributed by atoms with Crippen molar-refractivity contribution in [3.8, 4) is 17.6 Å². The number of thiol groups is 2. The zero-order valence-corrected chi connectivity index (χ0v) is 19.4. The van der Waals surface area contributed by atoms with Crippen LogP contribution in [0.15, 0.2) is 43.5 Å². The minimum atomic E-state index is -1.34. The van der Waals surface area contributed by atoms with E-state index in [0.717, 1.165) is 5.56 Å². The fourth-order valence-corrected chi connectivity index (χ4v) is 3.96. The average Bonchev–Trinajstić information content (AvgIpc) is 3.02. The molecule has 0 aliphatic carbocycles. The van der Waals surface area contributed by atoms with E-state index in [0.29, 0.717) is 24.4 Å². The topological polar surface area (TPSA) is 91.7 Å². The van der Waals surface area contributed by atoms with Crippen molar-refractivity contribution in [2.45, 2.75) is 29.1 Å². The molecule has 1 aromatic rings. The highest BCUT2D eigenvalue weighted by Gasteiger charge is 2.54. The number of hydrogen-bond donors (Lipinski definition) is 3. The Bertz CT molecular complexity index is 899. The van der Waals surface area contributed by atoms with Crippen molar-refractivity contribution >= 4 is 37.5 Å². The van der Waals surface area contributed by atoms with Crippen molar-refractivity contribution in [1.29, 1.82) is 5.26 Å². The van der Waals surface area contributed by atoms with E-state index in [4.69, 9.17) is 9.47 Å². The van der Waals surface area contributed by atoms with Crippen LogP contribution in [0.2, 0.25) is 0 Å². The molecule has 1 fully saturated rings. The van der Waals surface area contributed by atoms with E-state index < -0.39 is 27.6 Å². The molecule has 1 amide bonds. The normalized spacial score (nSPS) is 25.0. The SMILES string of the molecule is C=CCOc1ccc(C2C(C#N)CC(S)(C(=O)NC(C)(S)C=O)N2C)cc1OCC=C. The van der Waals surface area contributed by atoms with Crippen LogP contribution in [0.25, 0.3) is 0 Å². The number of likely N-dealkylation sites (N-methyl/N-ethyl adjacent to an activating group) is 1. The first kappa shape index (κ1) is 24.9. The Morgan fingerprint density at radius 3 is 2.55 bits per heavy atom. The Kier molecular flexibility index (Phi) is 8.23. The molecule has 2 rings (SSSR count). The van der Waals surface area contributed by atoms with Crippen LogP contribution in [0.5, 0.6) is 11.5 Å².